The summed E-state index contributed by atoms with van der Waals surface area (Å²) in [6, 6.07) is 14.0. The summed E-state index contributed by atoms with van der Waals surface area (Å²) in [4.78, 5) is 16.4. The monoisotopic (exact) mass is 305 g/mol. The molecule has 0 fully saturated rings. The van der Waals surface area contributed by atoms with Crippen LogP contribution in [0, 0.1) is 0 Å². The van der Waals surface area contributed by atoms with Crippen LogP contribution in [0.1, 0.15) is 5.56 Å². The number of phenolic OH excluding ortho intramolecular Hbond substituents is 1. The minimum absolute atomic E-state index is 0.165. The number of rotatable bonds is 2. The van der Waals surface area contributed by atoms with Crippen LogP contribution >= 0.6 is 0 Å². The van der Waals surface area contributed by atoms with Crippen molar-refractivity contribution in [3.8, 4) is 5.75 Å². The van der Waals surface area contributed by atoms with E-state index >= 15 is 0 Å². The Morgan fingerprint density at radius 1 is 1.13 bits per heavy atom. The quantitative estimate of drug-likeness (QED) is 0.552. The maximum absolute atomic E-state index is 12.4. The molecule has 2 aromatic carbocycles. The number of hydrogen-bond acceptors (Lipinski definition) is 5. The van der Waals surface area contributed by atoms with Gasteiger partial charge in [0.25, 0.3) is 0 Å². The molecule has 2 N–H and O–H groups in total. The Morgan fingerprint density at radius 3 is 2.74 bits per heavy atom. The van der Waals surface area contributed by atoms with E-state index in [4.69, 9.17) is 0 Å². The van der Waals surface area contributed by atoms with Crippen LogP contribution in [0.3, 0.4) is 0 Å². The van der Waals surface area contributed by atoms with E-state index < -0.39 is 0 Å². The molecular weight excluding hydrogens is 294 g/mol. The molecule has 2 aromatic heterocycles. The second-order valence-electron chi connectivity index (χ2n) is 5.01. The maximum atomic E-state index is 12.4. The second-order valence-corrected chi connectivity index (χ2v) is 5.01. The average Bonchev–Trinajstić information content (AvgIpc) is 2.95. The number of aromatic nitrogens is 4. The van der Waals surface area contributed by atoms with Crippen LogP contribution < -0.4 is 5.56 Å². The summed E-state index contributed by atoms with van der Waals surface area (Å²) in [6.45, 7) is 0. The highest BCUT2D eigenvalue weighted by molar-refractivity contribution is 6.04. The van der Waals surface area contributed by atoms with Gasteiger partial charge in [-0.05, 0) is 41.1 Å². The summed E-state index contributed by atoms with van der Waals surface area (Å²) in [5.41, 5.74) is 2.08. The number of nitrogens with one attached hydrogen (secondary N) is 1. The lowest BCUT2D eigenvalue weighted by atomic mass is 10.2. The molecule has 0 amide bonds. The Morgan fingerprint density at radius 2 is 1.91 bits per heavy atom. The Kier molecular flexibility index (Phi) is 2.90. The third-order valence-electron chi connectivity index (χ3n) is 3.51. The van der Waals surface area contributed by atoms with Crippen LogP contribution in [0.2, 0.25) is 0 Å². The smallest absolute Gasteiger partial charge is 0.315 e. The molecule has 4 aromatic rings. The number of para-hydroxylation sites is 1. The molecule has 2 heterocycles. The average molecular weight is 305 g/mol. The number of aromatic hydroxyl groups is 1. The van der Waals surface area contributed by atoms with Crippen molar-refractivity contribution in [3.05, 3.63) is 64.4 Å². The van der Waals surface area contributed by atoms with Crippen molar-refractivity contribution in [1.82, 2.24) is 20.1 Å². The zero-order chi connectivity index (χ0) is 15.8. The molecule has 7 heteroatoms. The van der Waals surface area contributed by atoms with Crippen LogP contribution in [-0.2, 0) is 0 Å². The molecule has 0 aliphatic carbocycles. The van der Waals surface area contributed by atoms with Crippen LogP contribution in [0.25, 0.3) is 21.9 Å². The highest BCUT2D eigenvalue weighted by Crippen LogP contribution is 2.19. The van der Waals surface area contributed by atoms with Crippen molar-refractivity contribution in [1.29, 1.82) is 0 Å². The molecule has 0 radical (unpaired) electrons. The SMILES string of the molecule is O=c1c2[nH]c3ccccc3c2nnn1/N=C/c1ccc(O)cc1. The lowest BCUT2D eigenvalue weighted by molar-refractivity contribution is 0.475. The highest BCUT2D eigenvalue weighted by atomic mass is 16.3. The third kappa shape index (κ3) is 2.24. The summed E-state index contributed by atoms with van der Waals surface area (Å²) < 4.78 is 0. The van der Waals surface area contributed by atoms with E-state index in [1.54, 1.807) is 12.1 Å². The fraction of sp³-hybridized carbons (Fsp3) is 0. The van der Waals surface area contributed by atoms with Gasteiger partial charge in [-0.3, -0.25) is 4.79 Å². The fourth-order valence-electron chi connectivity index (χ4n) is 2.37. The molecule has 4 rings (SSSR count). The Hall–Kier alpha value is -3.48. The second kappa shape index (κ2) is 5.06. The van der Waals surface area contributed by atoms with Gasteiger partial charge in [0.2, 0.25) is 0 Å². The number of aromatic amines is 1. The molecule has 112 valence electrons. The number of benzene rings is 2. The van der Waals surface area contributed by atoms with Crippen molar-refractivity contribution in [3.63, 3.8) is 0 Å². The van der Waals surface area contributed by atoms with E-state index in [2.05, 4.69) is 20.4 Å². The van der Waals surface area contributed by atoms with Gasteiger partial charge in [0, 0.05) is 10.9 Å². The molecule has 0 aliphatic heterocycles. The largest absolute Gasteiger partial charge is 0.508 e. The molecular formula is C16H11N5O2. The summed E-state index contributed by atoms with van der Waals surface area (Å²) in [5.74, 6) is 0.165. The first-order valence-corrected chi connectivity index (χ1v) is 6.92. The van der Waals surface area contributed by atoms with E-state index in [1.165, 1.54) is 18.3 Å². The van der Waals surface area contributed by atoms with Gasteiger partial charge in [-0.25, -0.2) is 0 Å². The highest BCUT2D eigenvalue weighted by Gasteiger charge is 2.10. The minimum atomic E-state index is -0.374. The van der Waals surface area contributed by atoms with Gasteiger partial charge < -0.3 is 10.1 Å². The number of fused-ring (bicyclic) bond motifs is 3. The molecule has 0 saturated heterocycles. The summed E-state index contributed by atoms with van der Waals surface area (Å²) >= 11 is 0. The van der Waals surface area contributed by atoms with Crippen LogP contribution in [0.4, 0.5) is 0 Å². The van der Waals surface area contributed by atoms with Crippen molar-refractivity contribution in [2.24, 2.45) is 5.10 Å². The van der Waals surface area contributed by atoms with Crippen molar-refractivity contribution in [2.75, 3.05) is 0 Å². The maximum Gasteiger partial charge on any atom is 0.315 e. The lowest BCUT2D eigenvalue weighted by Crippen LogP contribution is -2.20. The normalized spacial score (nSPS) is 11.7. The molecule has 0 bridgehead atoms. The Bertz CT molecular complexity index is 1090. The van der Waals surface area contributed by atoms with E-state index in [1.807, 2.05) is 24.3 Å². The number of hydrogen-bond donors (Lipinski definition) is 2. The van der Waals surface area contributed by atoms with E-state index in [9.17, 15) is 9.90 Å². The zero-order valence-electron chi connectivity index (χ0n) is 11.8. The molecule has 0 aliphatic rings. The Balaban J connectivity index is 1.82. The van der Waals surface area contributed by atoms with Gasteiger partial charge in [-0.15, -0.1) is 5.10 Å². The van der Waals surface area contributed by atoms with E-state index in [0.29, 0.717) is 11.0 Å². The van der Waals surface area contributed by atoms with Crippen molar-refractivity contribution < 1.29 is 5.11 Å². The number of H-pyrrole nitrogens is 1. The molecule has 0 spiro atoms. The lowest BCUT2D eigenvalue weighted by Gasteiger charge is -1.96. The van der Waals surface area contributed by atoms with E-state index in [-0.39, 0.29) is 11.3 Å². The van der Waals surface area contributed by atoms with Gasteiger partial charge in [-0.2, -0.15) is 5.10 Å². The van der Waals surface area contributed by atoms with Gasteiger partial charge >= 0.3 is 5.56 Å². The fourth-order valence-corrected chi connectivity index (χ4v) is 2.37. The summed E-state index contributed by atoms with van der Waals surface area (Å²) in [6.07, 6.45) is 1.48. The summed E-state index contributed by atoms with van der Waals surface area (Å²) in [5, 5.41) is 22.1. The topological polar surface area (TPSA) is 96.2 Å². The first kappa shape index (κ1) is 13.2. The van der Waals surface area contributed by atoms with Gasteiger partial charge in [-0.1, -0.05) is 23.0 Å². The molecule has 0 atom stereocenters. The van der Waals surface area contributed by atoms with E-state index in [0.717, 1.165) is 21.3 Å². The standard InChI is InChI=1S/C16H11N5O2/c22-11-7-5-10(6-8-11)9-17-21-16(23)15-14(19-20-21)12-3-1-2-4-13(12)18-15/h1-9,18,22H/b17-9+. The van der Waals surface area contributed by atoms with Crippen LogP contribution in [0.15, 0.2) is 58.4 Å². The molecule has 7 nitrogen and oxygen atoms in total. The zero-order valence-corrected chi connectivity index (χ0v) is 11.8. The molecule has 0 unspecified atom stereocenters. The van der Waals surface area contributed by atoms with Gasteiger partial charge in [0.15, 0.2) is 0 Å². The predicted octanol–water partition coefficient (Wildman–Crippen LogP) is 1.86. The first-order chi connectivity index (χ1) is 11.2. The first-order valence-electron chi connectivity index (χ1n) is 6.92. The Labute approximate surface area is 129 Å². The molecule has 23 heavy (non-hydrogen) atoms. The van der Waals surface area contributed by atoms with Crippen molar-refractivity contribution >= 4 is 28.2 Å². The van der Waals surface area contributed by atoms with Crippen LogP contribution in [-0.4, -0.2) is 31.4 Å². The van der Waals surface area contributed by atoms with Gasteiger partial charge in [0.05, 0.1) is 6.21 Å². The molecule has 0 saturated carbocycles. The summed E-state index contributed by atoms with van der Waals surface area (Å²) in [7, 11) is 0. The third-order valence-corrected chi connectivity index (χ3v) is 3.51. The number of phenols is 1. The van der Waals surface area contributed by atoms with Crippen LogP contribution in [0.5, 0.6) is 5.75 Å². The van der Waals surface area contributed by atoms with Crippen molar-refractivity contribution in [2.45, 2.75) is 0 Å². The van der Waals surface area contributed by atoms with Gasteiger partial charge in [0.1, 0.15) is 16.8 Å². The predicted molar refractivity (Wildman–Crippen MR) is 86.8 cm³/mol. The minimum Gasteiger partial charge on any atom is -0.508 e. The number of nitrogens with zero attached hydrogens (tertiary/aromatic N) is 4.